The van der Waals surface area contributed by atoms with E-state index in [1.54, 1.807) is 60.4 Å². The van der Waals surface area contributed by atoms with Gasteiger partial charge in [-0.25, -0.2) is 14.8 Å². The summed E-state index contributed by atoms with van der Waals surface area (Å²) in [5.41, 5.74) is 3.60. The van der Waals surface area contributed by atoms with Crippen LogP contribution in [-0.2, 0) is 10.5 Å². The predicted octanol–water partition coefficient (Wildman–Crippen LogP) is 4.59. The van der Waals surface area contributed by atoms with Gasteiger partial charge in [-0.2, -0.15) is 0 Å². The van der Waals surface area contributed by atoms with Crippen molar-refractivity contribution in [1.82, 2.24) is 15.0 Å². The predicted molar refractivity (Wildman–Crippen MR) is 114 cm³/mol. The van der Waals surface area contributed by atoms with Gasteiger partial charge < -0.3 is 9.72 Å². The van der Waals surface area contributed by atoms with Crippen LogP contribution in [-0.4, -0.2) is 20.9 Å². The zero-order chi connectivity index (χ0) is 20.2. The Bertz CT molecular complexity index is 1190. The van der Waals surface area contributed by atoms with Crippen LogP contribution in [0.1, 0.15) is 34.9 Å². The molecule has 2 heterocycles. The van der Waals surface area contributed by atoms with Crippen molar-refractivity contribution < 1.29 is 9.53 Å². The summed E-state index contributed by atoms with van der Waals surface area (Å²) in [5, 5.41) is 2.52. The molecule has 29 heavy (non-hydrogen) atoms. The van der Waals surface area contributed by atoms with Gasteiger partial charge in [-0.15, -0.1) is 23.1 Å². The summed E-state index contributed by atoms with van der Waals surface area (Å²) in [6, 6.07) is 14.3. The quantitative estimate of drug-likeness (QED) is 0.361. The Balaban J connectivity index is 1.42. The number of ether oxygens (including phenoxy) is 1. The number of thioether (sulfide) groups is 1. The van der Waals surface area contributed by atoms with Crippen LogP contribution < -0.4 is 5.56 Å². The zero-order valence-corrected chi connectivity index (χ0v) is 17.1. The normalized spacial score (nSPS) is 12.0. The second-order valence-corrected chi connectivity index (χ2v) is 8.08. The molecule has 4 aromatic rings. The summed E-state index contributed by atoms with van der Waals surface area (Å²) >= 11 is 3.23. The first-order valence-electron chi connectivity index (χ1n) is 8.90. The number of nitrogens with zero attached hydrogens (tertiary/aromatic N) is 2. The van der Waals surface area contributed by atoms with Crippen LogP contribution in [0, 0.1) is 0 Å². The number of hydrogen-bond donors (Lipinski definition) is 1. The molecule has 0 radical (unpaired) electrons. The number of aromatic amines is 1. The number of carbonyl (C=O) groups is 1. The number of rotatable bonds is 6. The second kappa shape index (κ2) is 8.59. The van der Waals surface area contributed by atoms with Gasteiger partial charge in [-0.1, -0.05) is 12.1 Å². The molecule has 4 rings (SSSR count). The SMILES string of the molecule is CC(OC(=O)c1ccc(SCc2cscn2)cc1)c1nc2ccccc2c(=O)[nH]1. The van der Waals surface area contributed by atoms with Crippen molar-refractivity contribution in [1.29, 1.82) is 0 Å². The van der Waals surface area contributed by atoms with Crippen molar-refractivity contribution in [2.75, 3.05) is 0 Å². The van der Waals surface area contributed by atoms with E-state index < -0.39 is 12.1 Å². The first kappa shape index (κ1) is 19.4. The summed E-state index contributed by atoms with van der Waals surface area (Å²) in [5.74, 6) is 0.632. The Morgan fingerprint density at radius 3 is 2.76 bits per heavy atom. The minimum Gasteiger partial charge on any atom is -0.451 e. The fraction of sp³-hybridized carbons (Fsp3) is 0.143. The van der Waals surface area contributed by atoms with Gasteiger partial charge in [0.05, 0.1) is 27.7 Å². The number of para-hydroxylation sites is 1. The van der Waals surface area contributed by atoms with E-state index in [9.17, 15) is 9.59 Å². The van der Waals surface area contributed by atoms with E-state index in [1.807, 2.05) is 29.1 Å². The third-order valence-corrected chi connectivity index (χ3v) is 5.94. The summed E-state index contributed by atoms with van der Waals surface area (Å²) in [6.45, 7) is 1.68. The number of aromatic nitrogens is 3. The van der Waals surface area contributed by atoms with Crippen LogP contribution in [0.4, 0.5) is 0 Å². The molecule has 2 aromatic heterocycles. The molecule has 0 fully saturated rings. The lowest BCUT2D eigenvalue weighted by Gasteiger charge is -2.13. The molecule has 0 aliphatic rings. The highest BCUT2D eigenvalue weighted by Gasteiger charge is 2.17. The third-order valence-electron chi connectivity index (χ3n) is 4.26. The lowest BCUT2D eigenvalue weighted by Crippen LogP contribution is -2.17. The Morgan fingerprint density at radius 2 is 2.00 bits per heavy atom. The molecule has 0 bridgehead atoms. The average molecular weight is 424 g/mol. The summed E-state index contributed by atoms with van der Waals surface area (Å²) < 4.78 is 5.50. The fourth-order valence-corrected chi connectivity index (χ4v) is 4.20. The van der Waals surface area contributed by atoms with E-state index in [2.05, 4.69) is 15.0 Å². The van der Waals surface area contributed by atoms with Crippen molar-refractivity contribution in [3.05, 3.63) is 86.9 Å². The molecule has 8 heteroatoms. The molecule has 1 unspecified atom stereocenters. The zero-order valence-electron chi connectivity index (χ0n) is 15.5. The van der Waals surface area contributed by atoms with Crippen LogP contribution in [0.5, 0.6) is 0 Å². The summed E-state index contributed by atoms with van der Waals surface area (Å²) in [4.78, 5) is 37.1. The Morgan fingerprint density at radius 1 is 1.21 bits per heavy atom. The van der Waals surface area contributed by atoms with E-state index >= 15 is 0 Å². The fourth-order valence-electron chi connectivity index (χ4n) is 2.73. The molecule has 0 saturated carbocycles. The number of esters is 1. The summed E-state index contributed by atoms with van der Waals surface area (Å²) in [7, 11) is 0. The monoisotopic (exact) mass is 423 g/mol. The number of carbonyl (C=O) groups excluding carboxylic acids is 1. The van der Waals surface area contributed by atoms with Crippen molar-refractivity contribution in [2.24, 2.45) is 0 Å². The van der Waals surface area contributed by atoms with Crippen molar-refractivity contribution >= 4 is 40.0 Å². The second-order valence-electron chi connectivity index (χ2n) is 6.31. The number of thiazole rings is 1. The van der Waals surface area contributed by atoms with Gasteiger partial charge in [0.25, 0.3) is 5.56 Å². The first-order chi connectivity index (χ1) is 14.1. The molecule has 0 aliphatic carbocycles. The van der Waals surface area contributed by atoms with Crippen LogP contribution in [0.3, 0.4) is 0 Å². The van der Waals surface area contributed by atoms with Gasteiger partial charge >= 0.3 is 5.97 Å². The van der Waals surface area contributed by atoms with Crippen LogP contribution in [0.15, 0.2) is 69.1 Å². The minimum absolute atomic E-state index is 0.255. The highest BCUT2D eigenvalue weighted by atomic mass is 32.2. The van der Waals surface area contributed by atoms with E-state index in [0.29, 0.717) is 22.3 Å². The molecule has 0 spiro atoms. The first-order valence-corrected chi connectivity index (χ1v) is 10.8. The Hall–Kier alpha value is -2.97. The average Bonchev–Trinajstić information content (AvgIpc) is 3.26. The van der Waals surface area contributed by atoms with Crippen molar-refractivity contribution in [3.63, 3.8) is 0 Å². The van der Waals surface area contributed by atoms with Gasteiger partial charge in [0, 0.05) is 16.0 Å². The highest BCUT2D eigenvalue weighted by Crippen LogP contribution is 2.24. The van der Waals surface area contributed by atoms with E-state index in [-0.39, 0.29) is 5.56 Å². The lowest BCUT2D eigenvalue weighted by atomic mass is 10.2. The standard InChI is InChI=1S/C21H17N3O3S2/c1-13(19-23-18-5-3-2-4-17(18)20(25)24-19)27-21(26)14-6-8-16(9-7-14)29-11-15-10-28-12-22-15/h2-10,12-13H,11H2,1H3,(H,23,24,25). The molecule has 6 nitrogen and oxygen atoms in total. The smallest absolute Gasteiger partial charge is 0.338 e. The van der Waals surface area contributed by atoms with E-state index in [4.69, 9.17) is 4.74 Å². The highest BCUT2D eigenvalue weighted by molar-refractivity contribution is 7.98. The number of benzene rings is 2. The molecule has 1 atom stereocenters. The maximum absolute atomic E-state index is 12.5. The molecular weight excluding hydrogens is 406 g/mol. The lowest BCUT2D eigenvalue weighted by molar-refractivity contribution is 0.0320. The van der Waals surface area contributed by atoms with Gasteiger partial charge in [0.15, 0.2) is 11.9 Å². The Kier molecular flexibility index (Phi) is 5.73. The summed E-state index contributed by atoms with van der Waals surface area (Å²) in [6.07, 6.45) is -0.682. The minimum atomic E-state index is -0.682. The number of H-pyrrole nitrogens is 1. The van der Waals surface area contributed by atoms with Crippen LogP contribution in [0.25, 0.3) is 10.9 Å². The molecule has 1 N–H and O–H groups in total. The van der Waals surface area contributed by atoms with Crippen molar-refractivity contribution in [3.8, 4) is 0 Å². The molecule has 2 aromatic carbocycles. The number of nitrogens with one attached hydrogen (secondary N) is 1. The van der Waals surface area contributed by atoms with Crippen LogP contribution >= 0.6 is 23.1 Å². The van der Waals surface area contributed by atoms with Gasteiger partial charge in [0.1, 0.15) is 0 Å². The van der Waals surface area contributed by atoms with Gasteiger partial charge in [-0.3, -0.25) is 4.79 Å². The third kappa shape index (κ3) is 4.55. The number of hydrogen-bond acceptors (Lipinski definition) is 7. The van der Waals surface area contributed by atoms with Gasteiger partial charge in [-0.05, 0) is 43.3 Å². The topological polar surface area (TPSA) is 84.9 Å². The van der Waals surface area contributed by atoms with E-state index in [0.717, 1.165) is 16.3 Å². The maximum Gasteiger partial charge on any atom is 0.338 e. The molecule has 0 aliphatic heterocycles. The van der Waals surface area contributed by atoms with E-state index in [1.165, 1.54) is 0 Å². The molecule has 146 valence electrons. The maximum atomic E-state index is 12.5. The largest absolute Gasteiger partial charge is 0.451 e. The molecule has 0 amide bonds. The van der Waals surface area contributed by atoms with Gasteiger partial charge in [0.2, 0.25) is 0 Å². The van der Waals surface area contributed by atoms with Crippen LogP contribution in [0.2, 0.25) is 0 Å². The van der Waals surface area contributed by atoms with Crippen molar-refractivity contribution in [2.45, 2.75) is 23.7 Å². The molecular formula is C21H17N3O3S2. The number of fused-ring (bicyclic) bond motifs is 1. The molecule has 0 saturated heterocycles. The Labute approximate surface area is 175 Å².